The molecule has 4 nitrogen and oxygen atoms in total. The lowest BCUT2D eigenvalue weighted by Crippen LogP contribution is -2.45. The van der Waals surface area contributed by atoms with E-state index in [1.165, 1.54) is 0 Å². The van der Waals surface area contributed by atoms with Crippen molar-refractivity contribution in [2.24, 2.45) is 17.3 Å². The van der Waals surface area contributed by atoms with Crippen LogP contribution in [-0.4, -0.2) is 47.8 Å². The number of likely N-dealkylation sites (tertiary alicyclic amines) is 1. The molecule has 2 aliphatic rings. The maximum absolute atomic E-state index is 11.4. The van der Waals surface area contributed by atoms with Crippen molar-refractivity contribution in [1.82, 2.24) is 4.90 Å². The van der Waals surface area contributed by atoms with E-state index in [4.69, 9.17) is 4.74 Å². The van der Waals surface area contributed by atoms with Gasteiger partial charge >= 0.3 is 5.97 Å². The van der Waals surface area contributed by atoms with Crippen LogP contribution in [0.2, 0.25) is 0 Å². The fourth-order valence-corrected chi connectivity index (χ4v) is 3.43. The fraction of sp³-hybridized carbons (Fsp3) is 0.933. The van der Waals surface area contributed by atoms with E-state index in [2.05, 4.69) is 32.6 Å². The maximum Gasteiger partial charge on any atom is 0.320 e. The van der Waals surface area contributed by atoms with Crippen LogP contribution in [0.1, 0.15) is 40.5 Å². The van der Waals surface area contributed by atoms with Crippen LogP contribution in [0.3, 0.4) is 0 Å². The van der Waals surface area contributed by atoms with Gasteiger partial charge in [-0.2, -0.15) is 0 Å². The smallest absolute Gasteiger partial charge is 0.320 e. The second-order valence-electron chi connectivity index (χ2n) is 7.03. The fourth-order valence-electron chi connectivity index (χ4n) is 3.43. The molecule has 2 heterocycles. The summed E-state index contributed by atoms with van der Waals surface area (Å²) in [6.07, 6.45) is 1.92. The molecule has 3 atom stereocenters. The van der Waals surface area contributed by atoms with Crippen LogP contribution in [0, 0.1) is 17.3 Å². The Balaban J connectivity index is 1.94. The number of hydrogen-bond donors (Lipinski definition) is 1. The van der Waals surface area contributed by atoms with Crippen LogP contribution in [0.5, 0.6) is 0 Å². The second-order valence-corrected chi connectivity index (χ2v) is 7.03. The van der Waals surface area contributed by atoms with Gasteiger partial charge in [0, 0.05) is 18.0 Å². The van der Waals surface area contributed by atoms with E-state index in [1.54, 1.807) is 0 Å². The second kappa shape index (κ2) is 5.41. The molecule has 0 spiro atoms. The first-order valence-electron chi connectivity index (χ1n) is 7.40. The number of carboxylic acids is 1. The molecular weight excluding hydrogens is 242 g/mol. The molecule has 0 aromatic rings. The normalized spacial score (nSPS) is 32.3. The Kier molecular flexibility index (Phi) is 4.21. The molecular formula is C15H27NO3. The molecule has 2 aliphatic heterocycles. The third-order valence-electron chi connectivity index (χ3n) is 5.11. The summed E-state index contributed by atoms with van der Waals surface area (Å²) in [5, 5.41) is 9.34. The molecule has 0 radical (unpaired) electrons. The van der Waals surface area contributed by atoms with Crippen molar-refractivity contribution in [3.63, 3.8) is 0 Å². The van der Waals surface area contributed by atoms with E-state index in [-0.39, 0.29) is 6.04 Å². The summed E-state index contributed by atoms with van der Waals surface area (Å²) < 4.78 is 5.34. The van der Waals surface area contributed by atoms with Crippen LogP contribution in [0.25, 0.3) is 0 Å². The van der Waals surface area contributed by atoms with Gasteiger partial charge in [-0.1, -0.05) is 13.8 Å². The molecule has 2 rings (SSSR count). The minimum atomic E-state index is -0.665. The van der Waals surface area contributed by atoms with Crippen LogP contribution >= 0.6 is 0 Å². The van der Waals surface area contributed by atoms with E-state index < -0.39 is 5.97 Å². The first kappa shape index (κ1) is 14.8. The Morgan fingerprint density at radius 1 is 1.42 bits per heavy atom. The highest BCUT2D eigenvalue weighted by molar-refractivity contribution is 5.74. The summed E-state index contributed by atoms with van der Waals surface area (Å²) >= 11 is 0. The van der Waals surface area contributed by atoms with Crippen molar-refractivity contribution in [1.29, 1.82) is 0 Å². The largest absolute Gasteiger partial charge is 0.480 e. The summed E-state index contributed by atoms with van der Waals surface area (Å²) in [5.41, 5.74) is 0.309. The number of hydrogen-bond acceptors (Lipinski definition) is 3. The number of carboxylic acid groups (broad SMARTS) is 1. The number of carbonyl (C=O) groups is 1. The average Bonchev–Trinajstić information content (AvgIpc) is 2.70. The molecule has 3 unspecified atom stereocenters. The van der Waals surface area contributed by atoms with E-state index in [9.17, 15) is 9.90 Å². The monoisotopic (exact) mass is 269 g/mol. The quantitative estimate of drug-likeness (QED) is 0.831. The molecule has 0 saturated carbocycles. The zero-order chi connectivity index (χ0) is 14.2. The Hall–Kier alpha value is -0.610. The van der Waals surface area contributed by atoms with Gasteiger partial charge in [0.1, 0.15) is 6.04 Å². The van der Waals surface area contributed by atoms with Gasteiger partial charge < -0.3 is 9.84 Å². The van der Waals surface area contributed by atoms with Crippen LogP contribution in [0.15, 0.2) is 0 Å². The lowest BCUT2D eigenvalue weighted by atomic mass is 9.72. The van der Waals surface area contributed by atoms with E-state index in [0.29, 0.717) is 23.3 Å². The molecule has 0 bridgehead atoms. The highest BCUT2D eigenvalue weighted by Crippen LogP contribution is 2.41. The predicted molar refractivity (Wildman–Crippen MR) is 74.1 cm³/mol. The van der Waals surface area contributed by atoms with E-state index in [0.717, 1.165) is 32.6 Å². The van der Waals surface area contributed by atoms with Crippen molar-refractivity contribution in [3.05, 3.63) is 0 Å². The SMILES string of the molecule is CC(C)N1CC(CC(C)C2(C)COC2)CC1C(=O)O. The lowest BCUT2D eigenvalue weighted by Gasteiger charge is -2.44. The third-order valence-corrected chi connectivity index (χ3v) is 5.11. The standard InChI is InChI=1S/C15H27NO3/c1-10(2)16-7-12(6-13(16)14(17)18)5-11(3)15(4)8-19-9-15/h10-13H,5-9H2,1-4H3,(H,17,18). The first-order chi connectivity index (χ1) is 8.83. The van der Waals surface area contributed by atoms with Crippen molar-refractivity contribution in [2.75, 3.05) is 19.8 Å². The first-order valence-corrected chi connectivity index (χ1v) is 7.40. The number of aliphatic carboxylic acids is 1. The minimum Gasteiger partial charge on any atom is -0.480 e. The van der Waals surface area contributed by atoms with Crippen LogP contribution in [-0.2, 0) is 9.53 Å². The van der Waals surface area contributed by atoms with Gasteiger partial charge in [-0.15, -0.1) is 0 Å². The Morgan fingerprint density at radius 2 is 2.05 bits per heavy atom. The van der Waals surface area contributed by atoms with Gasteiger partial charge in [-0.25, -0.2) is 0 Å². The molecule has 0 amide bonds. The van der Waals surface area contributed by atoms with Gasteiger partial charge in [0.25, 0.3) is 0 Å². The average molecular weight is 269 g/mol. The molecule has 0 aromatic carbocycles. The zero-order valence-corrected chi connectivity index (χ0v) is 12.6. The van der Waals surface area contributed by atoms with Gasteiger partial charge in [0.05, 0.1) is 13.2 Å². The van der Waals surface area contributed by atoms with Crippen LogP contribution < -0.4 is 0 Å². The Morgan fingerprint density at radius 3 is 2.42 bits per heavy atom. The Bertz CT molecular complexity index is 338. The number of rotatable bonds is 5. The highest BCUT2D eigenvalue weighted by Gasteiger charge is 2.43. The third kappa shape index (κ3) is 2.95. The Labute approximate surface area is 116 Å². The molecule has 0 aliphatic carbocycles. The van der Waals surface area contributed by atoms with E-state index >= 15 is 0 Å². The topological polar surface area (TPSA) is 49.8 Å². The van der Waals surface area contributed by atoms with Gasteiger partial charge in [-0.3, -0.25) is 9.69 Å². The minimum absolute atomic E-state index is 0.289. The van der Waals surface area contributed by atoms with Crippen molar-refractivity contribution in [2.45, 2.75) is 52.6 Å². The molecule has 0 aromatic heterocycles. The molecule has 4 heteroatoms. The van der Waals surface area contributed by atoms with Crippen molar-refractivity contribution >= 4 is 5.97 Å². The van der Waals surface area contributed by atoms with Gasteiger partial charge in [0.15, 0.2) is 0 Å². The summed E-state index contributed by atoms with van der Waals surface area (Å²) in [6, 6.07) is 0.0201. The molecule has 110 valence electrons. The van der Waals surface area contributed by atoms with Gasteiger partial charge in [-0.05, 0) is 38.5 Å². The lowest BCUT2D eigenvalue weighted by molar-refractivity contribution is -0.142. The molecule has 1 N–H and O–H groups in total. The molecule has 19 heavy (non-hydrogen) atoms. The number of ether oxygens (including phenoxy) is 1. The summed E-state index contributed by atoms with van der Waals surface area (Å²) in [6.45, 7) is 11.4. The zero-order valence-electron chi connectivity index (χ0n) is 12.6. The van der Waals surface area contributed by atoms with Crippen molar-refractivity contribution < 1.29 is 14.6 Å². The highest BCUT2D eigenvalue weighted by atomic mass is 16.5. The summed E-state index contributed by atoms with van der Waals surface area (Å²) in [5.74, 6) is 0.450. The van der Waals surface area contributed by atoms with Crippen molar-refractivity contribution in [3.8, 4) is 0 Å². The molecule has 2 saturated heterocycles. The van der Waals surface area contributed by atoms with E-state index in [1.807, 2.05) is 0 Å². The predicted octanol–water partition coefficient (Wildman–Crippen LogP) is 2.23. The summed E-state index contributed by atoms with van der Waals surface area (Å²) in [7, 11) is 0. The number of nitrogens with zero attached hydrogens (tertiary/aromatic N) is 1. The summed E-state index contributed by atoms with van der Waals surface area (Å²) in [4.78, 5) is 13.5. The maximum atomic E-state index is 11.4. The molecule has 2 fully saturated rings. The van der Waals surface area contributed by atoms with Gasteiger partial charge in [0.2, 0.25) is 0 Å². The van der Waals surface area contributed by atoms with Crippen LogP contribution in [0.4, 0.5) is 0 Å².